The molecule has 0 aromatic heterocycles. The minimum Gasteiger partial charge on any atom is -0.303 e. The topological polar surface area (TPSA) is 3.24 Å². The molecule has 5 rings (SSSR count). The minimum atomic E-state index is 0. The van der Waals surface area contributed by atoms with Gasteiger partial charge < -0.3 is 4.90 Å². The molecule has 2 heteroatoms. The molecule has 3 aromatic carbocycles. The number of benzene rings is 3. The maximum Gasteiger partial charge on any atom is 0.00190 e. The fourth-order valence-corrected chi connectivity index (χ4v) is 5.05. The Morgan fingerprint density at radius 2 is 1.19 bits per heavy atom. The van der Waals surface area contributed by atoms with Crippen molar-refractivity contribution in [2.75, 3.05) is 19.6 Å². The van der Waals surface area contributed by atoms with Gasteiger partial charge in [0, 0.05) is 13.1 Å². The highest BCUT2D eigenvalue weighted by molar-refractivity contribution is 5.94. The Balaban J connectivity index is 0.00000245. The number of hydrogen-bond donors (Lipinski definition) is 0. The molecule has 3 aromatic rings. The third-order valence-corrected chi connectivity index (χ3v) is 6.75. The van der Waals surface area contributed by atoms with E-state index in [1.165, 1.54) is 85.1 Å². The highest BCUT2D eigenvalue weighted by Crippen LogP contribution is 2.38. The van der Waals surface area contributed by atoms with E-state index in [1.54, 1.807) is 5.57 Å². The van der Waals surface area contributed by atoms with Crippen LogP contribution in [-0.4, -0.2) is 24.5 Å². The van der Waals surface area contributed by atoms with E-state index >= 15 is 0 Å². The summed E-state index contributed by atoms with van der Waals surface area (Å²) in [6, 6.07) is 28.7. The second-order valence-corrected chi connectivity index (χ2v) is 8.77. The number of nitrogens with zero attached hydrogens (tertiary/aromatic N) is 1. The van der Waals surface area contributed by atoms with Gasteiger partial charge in [0.25, 0.3) is 0 Å². The summed E-state index contributed by atoms with van der Waals surface area (Å²) < 4.78 is 0. The number of halogens is 1. The number of aryl methyl sites for hydroxylation is 1. The van der Waals surface area contributed by atoms with Crippen molar-refractivity contribution in [2.24, 2.45) is 0 Å². The molecule has 1 nitrogen and oxygen atoms in total. The Morgan fingerprint density at radius 1 is 0.625 bits per heavy atom. The van der Waals surface area contributed by atoms with E-state index in [0.29, 0.717) is 0 Å². The number of likely N-dealkylation sites (tertiary alicyclic amines) is 1. The Morgan fingerprint density at radius 3 is 1.81 bits per heavy atom. The van der Waals surface area contributed by atoms with Crippen molar-refractivity contribution < 1.29 is 0 Å². The van der Waals surface area contributed by atoms with Gasteiger partial charge in [-0.05, 0) is 72.0 Å². The van der Waals surface area contributed by atoms with Gasteiger partial charge in [-0.25, -0.2) is 0 Å². The molecule has 1 aliphatic heterocycles. The van der Waals surface area contributed by atoms with E-state index in [4.69, 9.17) is 0 Å². The van der Waals surface area contributed by atoms with Crippen LogP contribution in [0.15, 0.2) is 84.4 Å². The van der Waals surface area contributed by atoms with Crippen LogP contribution in [0.3, 0.4) is 0 Å². The van der Waals surface area contributed by atoms with Gasteiger partial charge in [0.05, 0.1) is 0 Å². The second kappa shape index (κ2) is 10.8. The average molecular weight is 442 g/mol. The molecule has 2 aliphatic rings. The van der Waals surface area contributed by atoms with Crippen molar-refractivity contribution in [2.45, 2.75) is 32.1 Å². The number of piperidine rings is 1. The van der Waals surface area contributed by atoms with Crippen molar-refractivity contribution in [3.8, 4) is 0 Å². The van der Waals surface area contributed by atoms with Crippen molar-refractivity contribution in [1.29, 1.82) is 0 Å². The largest absolute Gasteiger partial charge is 0.303 e. The number of fused-ring (bicyclic) bond motifs is 2. The maximum absolute atomic E-state index is 2.67. The molecule has 1 heterocycles. The third-order valence-electron chi connectivity index (χ3n) is 6.75. The molecule has 164 valence electrons. The Kier molecular flexibility index (Phi) is 7.63. The van der Waals surface area contributed by atoms with E-state index in [0.717, 1.165) is 0 Å². The molecular formula is C30H32ClN. The Bertz CT molecular complexity index is 1040. The highest BCUT2D eigenvalue weighted by Gasteiger charge is 2.22. The van der Waals surface area contributed by atoms with Crippen molar-refractivity contribution >= 4 is 30.1 Å². The van der Waals surface area contributed by atoms with Gasteiger partial charge in [0.15, 0.2) is 0 Å². The molecule has 0 unspecified atom stereocenters. The SMILES string of the molecule is C1=Cc2ccccc2C(=C2CCN(CCCCc3ccccc3)CC2)c2ccccc21.Cl. The normalized spacial score (nSPS) is 15.5. The fourth-order valence-electron chi connectivity index (χ4n) is 5.05. The molecule has 32 heavy (non-hydrogen) atoms. The van der Waals surface area contributed by atoms with E-state index in [-0.39, 0.29) is 12.4 Å². The van der Waals surface area contributed by atoms with Crippen LogP contribution in [0, 0.1) is 0 Å². The Hall–Kier alpha value is -2.61. The molecule has 1 saturated heterocycles. The summed E-state index contributed by atoms with van der Waals surface area (Å²) in [6.07, 6.45) is 10.7. The summed E-state index contributed by atoms with van der Waals surface area (Å²) in [5.41, 5.74) is 10.1. The fraction of sp³-hybridized carbons (Fsp3) is 0.267. The standard InChI is InChI=1S/C30H31N.ClH/c1-2-10-24(11-3-1)12-8-9-21-31-22-19-27(20-23-31)30-28-15-6-4-13-25(28)17-18-26-14-5-7-16-29(26)30;/h1-7,10-11,13-18H,8-9,12,19-23H2;1H. The molecule has 0 amide bonds. The first kappa shape index (κ1) is 22.6. The molecule has 1 aliphatic carbocycles. The summed E-state index contributed by atoms with van der Waals surface area (Å²) in [6.45, 7) is 3.59. The lowest BCUT2D eigenvalue weighted by Gasteiger charge is -2.30. The average Bonchev–Trinajstić information content (AvgIpc) is 3.00. The zero-order valence-corrected chi connectivity index (χ0v) is 19.5. The molecule has 0 atom stereocenters. The molecule has 1 fully saturated rings. The van der Waals surface area contributed by atoms with Crippen LogP contribution < -0.4 is 0 Å². The van der Waals surface area contributed by atoms with Crippen molar-refractivity contribution in [1.82, 2.24) is 4.90 Å². The molecule has 0 spiro atoms. The van der Waals surface area contributed by atoms with Gasteiger partial charge in [0.2, 0.25) is 0 Å². The van der Waals surface area contributed by atoms with E-state index in [2.05, 4.69) is 95.9 Å². The van der Waals surface area contributed by atoms with Gasteiger partial charge in [-0.1, -0.05) is 96.6 Å². The highest BCUT2D eigenvalue weighted by atomic mass is 35.5. The Labute approximate surface area is 198 Å². The first-order valence-corrected chi connectivity index (χ1v) is 11.7. The third kappa shape index (κ3) is 5.06. The molecule has 0 bridgehead atoms. The van der Waals surface area contributed by atoms with Crippen molar-refractivity contribution in [3.05, 3.63) is 112 Å². The van der Waals surface area contributed by atoms with Gasteiger partial charge in [-0.2, -0.15) is 0 Å². The van der Waals surface area contributed by atoms with Crippen LogP contribution in [0.1, 0.15) is 53.5 Å². The van der Waals surface area contributed by atoms with E-state index in [9.17, 15) is 0 Å². The summed E-state index contributed by atoms with van der Waals surface area (Å²) in [7, 11) is 0. The first-order valence-electron chi connectivity index (χ1n) is 11.7. The van der Waals surface area contributed by atoms with E-state index < -0.39 is 0 Å². The minimum absolute atomic E-state index is 0. The smallest absolute Gasteiger partial charge is 0.00190 e. The molecule has 0 saturated carbocycles. The van der Waals surface area contributed by atoms with Crippen LogP contribution in [-0.2, 0) is 6.42 Å². The second-order valence-electron chi connectivity index (χ2n) is 8.77. The zero-order chi connectivity index (χ0) is 20.9. The molecular weight excluding hydrogens is 410 g/mol. The van der Waals surface area contributed by atoms with Crippen LogP contribution >= 0.6 is 12.4 Å². The quantitative estimate of drug-likeness (QED) is 0.289. The van der Waals surface area contributed by atoms with E-state index in [1.807, 2.05) is 0 Å². The van der Waals surface area contributed by atoms with Crippen LogP contribution in [0.2, 0.25) is 0 Å². The summed E-state index contributed by atoms with van der Waals surface area (Å²) >= 11 is 0. The van der Waals surface area contributed by atoms with Crippen LogP contribution in [0.5, 0.6) is 0 Å². The predicted molar refractivity (Wildman–Crippen MR) is 140 cm³/mol. The first-order chi connectivity index (χ1) is 15.4. The summed E-state index contributed by atoms with van der Waals surface area (Å²) in [5.74, 6) is 0. The number of unbranched alkanes of at least 4 members (excludes halogenated alkanes) is 1. The van der Waals surface area contributed by atoms with Crippen LogP contribution in [0.4, 0.5) is 0 Å². The zero-order valence-electron chi connectivity index (χ0n) is 18.7. The van der Waals surface area contributed by atoms with Gasteiger partial charge >= 0.3 is 0 Å². The lowest BCUT2D eigenvalue weighted by molar-refractivity contribution is 0.252. The van der Waals surface area contributed by atoms with Crippen LogP contribution in [0.25, 0.3) is 17.7 Å². The monoisotopic (exact) mass is 441 g/mol. The predicted octanol–water partition coefficient (Wildman–Crippen LogP) is 7.51. The lowest BCUT2D eigenvalue weighted by atomic mass is 9.86. The van der Waals surface area contributed by atoms with Gasteiger partial charge in [0.1, 0.15) is 0 Å². The maximum atomic E-state index is 2.67. The summed E-state index contributed by atoms with van der Waals surface area (Å²) in [4.78, 5) is 2.67. The lowest BCUT2D eigenvalue weighted by Crippen LogP contribution is -2.32. The number of hydrogen-bond acceptors (Lipinski definition) is 1. The molecule has 0 radical (unpaired) electrons. The van der Waals surface area contributed by atoms with Gasteiger partial charge in [-0.15, -0.1) is 12.4 Å². The summed E-state index contributed by atoms with van der Waals surface area (Å²) in [5, 5.41) is 0. The number of rotatable bonds is 5. The van der Waals surface area contributed by atoms with Gasteiger partial charge in [-0.3, -0.25) is 0 Å². The van der Waals surface area contributed by atoms with Crippen molar-refractivity contribution in [3.63, 3.8) is 0 Å². The molecule has 0 N–H and O–H groups in total.